The molecule has 39 heavy (non-hydrogen) atoms. The molecule has 0 spiro atoms. The lowest BCUT2D eigenvalue weighted by Gasteiger charge is -2.35. The summed E-state index contributed by atoms with van der Waals surface area (Å²) in [6, 6.07) is 10.9. The number of ether oxygens (including phenoxy) is 3. The van der Waals surface area contributed by atoms with Gasteiger partial charge in [0.25, 0.3) is 10.0 Å². The molecule has 4 rings (SSSR count). The molecule has 1 aliphatic rings. The first-order valence-corrected chi connectivity index (χ1v) is 14.1. The number of carbonyl (C=O) groups excluding carboxylic acids is 1. The van der Waals surface area contributed by atoms with Crippen molar-refractivity contribution in [2.45, 2.75) is 37.7 Å². The van der Waals surface area contributed by atoms with Gasteiger partial charge in [0.15, 0.2) is 0 Å². The molecule has 0 fully saturated rings. The molecule has 8 nitrogen and oxygen atoms in total. The summed E-state index contributed by atoms with van der Waals surface area (Å²) in [5, 5.41) is 0.251. The van der Waals surface area contributed by atoms with Crippen LogP contribution in [-0.4, -0.2) is 45.7 Å². The fourth-order valence-corrected chi connectivity index (χ4v) is 6.01. The predicted molar refractivity (Wildman–Crippen MR) is 147 cm³/mol. The summed E-state index contributed by atoms with van der Waals surface area (Å²) in [4.78, 5) is 15.9. The molecule has 0 amide bonds. The summed E-state index contributed by atoms with van der Waals surface area (Å²) >= 11 is 6.14. The zero-order valence-corrected chi connectivity index (χ0v) is 23.3. The minimum Gasteiger partial charge on any atom is -0.486 e. The second-order valence-electron chi connectivity index (χ2n) is 8.84. The Morgan fingerprint density at radius 2 is 2.05 bits per heavy atom. The lowest BCUT2D eigenvalue weighted by molar-refractivity contribution is -0.141. The third-order valence-corrected chi connectivity index (χ3v) is 8.16. The van der Waals surface area contributed by atoms with Crippen LogP contribution < -0.4 is 13.8 Å². The topological polar surface area (TPSA) is 95.0 Å². The van der Waals surface area contributed by atoms with Crippen LogP contribution in [-0.2, 0) is 19.6 Å². The van der Waals surface area contributed by atoms with E-state index in [9.17, 15) is 17.6 Å². The summed E-state index contributed by atoms with van der Waals surface area (Å²) in [5.74, 6) is -0.590. The van der Waals surface area contributed by atoms with Gasteiger partial charge in [-0.05, 0) is 67.8 Å². The number of pyridine rings is 1. The van der Waals surface area contributed by atoms with Crippen molar-refractivity contribution in [2.24, 2.45) is 0 Å². The molecule has 206 valence electrons. The maximum atomic E-state index is 14.3. The van der Waals surface area contributed by atoms with Crippen LogP contribution in [0.5, 0.6) is 11.6 Å². The van der Waals surface area contributed by atoms with E-state index in [-0.39, 0.29) is 53.0 Å². The molecule has 1 atom stereocenters. The lowest BCUT2D eigenvalue weighted by Crippen LogP contribution is -2.44. The van der Waals surface area contributed by atoms with E-state index in [1.54, 1.807) is 44.2 Å². The number of rotatable bonds is 9. The summed E-state index contributed by atoms with van der Waals surface area (Å²) in [7, 11) is -2.89. The van der Waals surface area contributed by atoms with Gasteiger partial charge < -0.3 is 14.2 Å². The van der Waals surface area contributed by atoms with Crippen molar-refractivity contribution in [3.8, 4) is 11.6 Å². The van der Waals surface area contributed by atoms with E-state index < -0.39 is 27.9 Å². The van der Waals surface area contributed by atoms with Gasteiger partial charge in [-0.25, -0.2) is 17.8 Å². The highest BCUT2D eigenvalue weighted by atomic mass is 35.5. The predicted octanol–water partition coefficient (Wildman–Crippen LogP) is 5.66. The highest BCUT2D eigenvalue weighted by molar-refractivity contribution is 7.93. The van der Waals surface area contributed by atoms with Gasteiger partial charge in [0.2, 0.25) is 5.88 Å². The first kappa shape index (κ1) is 28.4. The second-order valence-corrected chi connectivity index (χ2v) is 11.1. The van der Waals surface area contributed by atoms with Gasteiger partial charge in [-0.1, -0.05) is 29.8 Å². The number of carbonyl (C=O) groups is 1. The summed E-state index contributed by atoms with van der Waals surface area (Å²) < 4.78 is 60.0. The summed E-state index contributed by atoms with van der Waals surface area (Å²) in [6.45, 7) is 3.65. The van der Waals surface area contributed by atoms with E-state index in [1.807, 2.05) is 0 Å². The molecule has 1 aliphatic heterocycles. The Morgan fingerprint density at radius 1 is 1.26 bits per heavy atom. The van der Waals surface area contributed by atoms with Crippen molar-refractivity contribution in [1.29, 1.82) is 0 Å². The summed E-state index contributed by atoms with van der Waals surface area (Å²) in [6.07, 6.45) is 4.39. The van der Waals surface area contributed by atoms with Crippen LogP contribution in [0.1, 0.15) is 36.5 Å². The average Bonchev–Trinajstić information content (AvgIpc) is 2.92. The van der Waals surface area contributed by atoms with Gasteiger partial charge in [0.1, 0.15) is 22.6 Å². The smallest absolute Gasteiger partial charge is 0.305 e. The Balaban J connectivity index is 1.78. The largest absolute Gasteiger partial charge is 0.486 e. The number of fused-ring (bicyclic) bond motifs is 1. The molecular formula is C28H28ClFN2O6S. The standard InChI is InChI=1S/C28H28ClFN2O6S/c1-4-37-28-26(14-18(2)16-31-28)39(34,35)32-17-20(10-13-27(33)36-3)38-25-12-9-19(15-24(25)32)8-11-21-22(29)6-5-7-23(21)30/h5-9,11-12,14-16,20H,4,10,13,17H2,1-3H3/b11-8+/t20-/m0/s1. The number of esters is 1. The van der Waals surface area contributed by atoms with Gasteiger partial charge in [-0.15, -0.1) is 0 Å². The van der Waals surface area contributed by atoms with E-state index in [2.05, 4.69) is 4.98 Å². The van der Waals surface area contributed by atoms with Crippen molar-refractivity contribution in [3.63, 3.8) is 0 Å². The van der Waals surface area contributed by atoms with Crippen LogP contribution in [0.4, 0.5) is 10.1 Å². The Morgan fingerprint density at radius 3 is 2.77 bits per heavy atom. The van der Waals surface area contributed by atoms with E-state index in [0.29, 0.717) is 16.9 Å². The van der Waals surface area contributed by atoms with Crippen LogP contribution in [0.2, 0.25) is 5.02 Å². The Labute approximate surface area is 232 Å². The molecule has 0 saturated heterocycles. The van der Waals surface area contributed by atoms with E-state index >= 15 is 0 Å². The second kappa shape index (κ2) is 12.0. The molecule has 1 aromatic heterocycles. The van der Waals surface area contributed by atoms with E-state index in [1.165, 1.54) is 41.9 Å². The van der Waals surface area contributed by atoms with Crippen molar-refractivity contribution >= 4 is 45.4 Å². The fourth-order valence-electron chi connectivity index (χ4n) is 4.12. The number of hydrogen-bond donors (Lipinski definition) is 0. The van der Waals surface area contributed by atoms with Crippen molar-refractivity contribution in [2.75, 3.05) is 24.6 Å². The molecule has 2 aromatic carbocycles. The van der Waals surface area contributed by atoms with Crippen LogP contribution >= 0.6 is 11.6 Å². The number of benzene rings is 2. The van der Waals surface area contributed by atoms with Crippen LogP contribution in [0.3, 0.4) is 0 Å². The zero-order valence-electron chi connectivity index (χ0n) is 21.7. The van der Waals surface area contributed by atoms with Crippen LogP contribution in [0.25, 0.3) is 12.2 Å². The molecule has 0 bridgehead atoms. The van der Waals surface area contributed by atoms with E-state index in [4.69, 9.17) is 25.8 Å². The lowest BCUT2D eigenvalue weighted by atomic mass is 10.1. The molecule has 0 saturated carbocycles. The number of aromatic nitrogens is 1. The van der Waals surface area contributed by atoms with Crippen LogP contribution in [0, 0.1) is 12.7 Å². The summed E-state index contributed by atoms with van der Waals surface area (Å²) in [5.41, 5.74) is 1.74. The van der Waals surface area contributed by atoms with Gasteiger partial charge in [0, 0.05) is 18.2 Å². The molecular weight excluding hydrogens is 547 g/mol. The normalized spacial score (nSPS) is 15.1. The van der Waals surface area contributed by atoms with Crippen molar-refractivity contribution < 1.29 is 31.8 Å². The third-order valence-electron chi connectivity index (χ3n) is 6.06. The van der Waals surface area contributed by atoms with Gasteiger partial charge in [0.05, 0.1) is 31.0 Å². The maximum absolute atomic E-state index is 14.3. The van der Waals surface area contributed by atoms with Crippen molar-refractivity contribution in [1.82, 2.24) is 4.98 Å². The molecule has 3 aromatic rings. The molecule has 11 heteroatoms. The molecule has 2 heterocycles. The number of aryl methyl sites for hydroxylation is 1. The average molecular weight is 575 g/mol. The first-order valence-electron chi connectivity index (χ1n) is 12.3. The fraction of sp³-hybridized carbons (Fsp3) is 0.286. The highest BCUT2D eigenvalue weighted by Crippen LogP contribution is 2.40. The number of halogens is 2. The SMILES string of the molecule is CCOc1ncc(C)cc1S(=O)(=O)N1C[C@H](CCC(=O)OC)Oc2ccc(/C=C/c3c(F)cccc3Cl)cc21. The zero-order chi connectivity index (χ0) is 28.2. The minimum atomic E-state index is -4.18. The Bertz CT molecular complexity index is 1490. The monoisotopic (exact) mass is 574 g/mol. The van der Waals surface area contributed by atoms with Gasteiger partial charge >= 0.3 is 5.97 Å². The number of sulfonamides is 1. The number of nitrogens with zero attached hydrogens (tertiary/aromatic N) is 2. The maximum Gasteiger partial charge on any atom is 0.305 e. The minimum absolute atomic E-state index is 0.00695. The number of hydrogen-bond acceptors (Lipinski definition) is 7. The molecule has 0 aliphatic carbocycles. The van der Waals surface area contributed by atoms with Gasteiger partial charge in [-0.3, -0.25) is 9.10 Å². The molecule has 0 unspecified atom stereocenters. The Hall–Kier alpha value is -3.63. The number of methoxy groups -OCH3 is 1. The molecule has 0 radical (unpaired) electrons. The van der Waals surface area contributed by atoms with Gasteiger partial charge in [-0.2, -0.15) is 0 Å². The quantitative estimate of drug-likeness (QED) is 0.240. The number of anilines is 1. The highest BCUT2D eigenvalue weighted by Gasteiger charge is 2.37. The van der Waals surface area contributed by atoms with E-state index in [0.717, 1.165) is 0 Å². The first-order chi connectivity index (χ1) is 18.6. The Kier molecular flexibility index (Phi) is 8.76. The van der Waals surface area contributed by atoms with Crippen LogP contribution in [0.15, 0.2) is 53.6 Å². The molecule has 0 N–H and O–H groups in total. The van der Waals surface area contributed by atoms with Crippen molar-refractivity contribution in [3.05, 3.63) is 76.2 Å². The third kappa shape index (κ3) is 6.34.